The smallest absolute Gasteiger partial charge is 0.0711 e. The zero-order valence-electron chi connectivity index (χ0n) is 12.4. The summed E-state index contributed by atoms with van der Waals surface area (Å²) in [5.74, 6) is 0.195. The van der Waals surface area contributed by atoms with Crippen molar-refractivity contribution in [1.82, 2.24) is 15.1 Å². The quantitative estimate of drug-likeness (QED) is 0.899. The van der Waals surface area contributed by atoms with E-state index in [1.54, 1.807) is 6.07 Å². The molecule has 0 spiro atoms. The van der Waals surface area contributed by atoms with Crippen LogP contribution < -0.4 is 0 Å². The third-order valence-corrected chi connectivity index (χ3v) is 5.00. The first-order valence-corrected chi connectivity index (χ1v) is 8.12. The molecule has 6 heteroatoms. The van der Waals surface area contributed by atoms with E-state index in [2.05, 4.69) is 15.1 Å². The minimum absolute atomic E-state index is 0.195. The van der Waals surface area contributed by atoms with Gasteiger partial charge in [-0.05, 0) is 31.0 Å². The first-order chi connectivity index (χ1) is 10.5. The van der Waals surface area contributed by atoms with Crippen molar-refractivity contribution in [2.75, 3.05) is 13.1 Å². The second-order valence-corrected chi connectivity index (χ2v) is 6.77. The maximum Gasteiger partial charge on any atom is 0.0711 e. The summed E-state index contributed by atoms with van der Waals surface area (Å²) in [6, 6.07) is 7.70. The zero-order chi connectivity index (χ0) is 15.7. The normalized spacial score (nSPS) is 22.4. The summed E-state index contributed by atoms with van der Waals surface area (Å²) in [6.07, 6.45) is 0.445. The van der Waals surface area contributed by atoms with Gasteiger partial charge in [-0.15, -0.1) is 0 Å². The van der Waals surface area contributed by atoms with Crippen molar-refractivity contribution in [2.45, 2.75) is 26.0 Å². The molecule has 22 heavy (non-hydrogen) atoms. The summed E-state index contributed by atoms with van der Waals surface area (Å²) in [7, 11) is 0. The third kappa shape index (κ3) is 3.46. The van der Waals surface area contributed by atoms with Crippen molar-refractivity contribution >= 4 is 23.2 Å². The third-order valence-electron chi connectivity index (χ3n) is 4.14. The van der Waals surface area contributed by atoms with E-state index in [9.17, 15) is 5.11 Å². The molecule has 1 fully saturated rings. The van der Waals surface area contributed by atoms with E-state index in [1.807, 2.05) is 25.1 Å². The average Bonchev–Trinajstić information content (AvgIpc) is 3.02. The van der Waals surface area contributed by atoms with Gasteiger partial charge in [0.1, 0.15) is 0 Å². The SMILES string of the molecule is Cc1cc(C[C@@H]2CN(Cc3cccc(Cl)c3Cl)C[C@H]2O)n[nH]1. The van der Waals surface area contributed by atoms with Crippen LogP contribution in [-0.4, -0.2) is 39.4 Å². The highest BCUT2D eigenvalue weighted by atomic mass is 35.5. The number of aromatic nitrogens is 2. The van der Waals surface area contributed by atoms with Gasteiger partial charge >= 0.3 is 0 Å². The lowest BCUT2D eigenvalue weighted by Crippen LogP contribution is -2.21. The van der Waals surface area contributed by atoms with Crippen LogP contribution in [0.5, 0.6) is 0 Å². The first-order valence-electron chi connectivity index (χ1n) is 7.37. The van der Waals surface area contributed by atoms with Crippen LogP contribution in [-0.2, 0) is 13.0 Å². The lowest BCUT2D eigenvalue weighted by molar-refractivity contribution is 0.140. The fourth-order valence-electron chi connectivity index (χ4n) is 3.03. The Labute approximate surface area is 140 Å². The number of aryl methyl sites for hydroxylation is 1. The van der Waals surface area contributed by atoms with Gasteiger partial charge in [0, 0.05) is 31.2 Å². The maximum atomic E-state index is 10.3. The molecule has 0 radical (unpaired) electrons. The second kappa shape index (κ2) is 6.59. The number of hydrogen-bond acceptors (Lipinski definition) is 3. The lowest BCUT2D eigenvalue weighted by atomic mass is 10.0. The van der Waals surface area contributed by atoms with Crippen molar-refractivity contribution in [3.63, 3.8) is 0 Å². The number of halogens is 2. The highest BCUT2D eigenvalue weighted by Gasteiger charge is 2.32. The van der Waals surface area contributed by atoms with Gasteiger partial charge in [0.15, 0.2) is 0 Å². The number of aromatic amines is 1. The standard InChI is InChI=1S/C16H19Cl2N3O/c1-10-5-13(20-19-10)6-12-8-21(9-15(12)22)7-11-3-2-4-14(17)16(11)18/h2-5,12,15,22H,6-9H2,1H3,(H,19,20)/t12-,15-/m1/s1. The Morgan fingerprint density at radius 2 is 2.18 bits per heavy atom. The fraction of sp³-hybridized carbons (Fsp3) is 0.438. The number of nitrogens with zero attached hydrogens (tertiary/aromatic N) is 2. The molecule has 0 unspecified atom stereocenters. The molecule has 1 aliphatic rings. The molecule has 0 saturated carbocycles. The van der Waals surface area contributed by atoms with Gasteiger partial charge in [-0.25, -0.2) is 0 Å². The Bertz CT molecular complexity index is 659. The topological polar surface area (TPSA) is 52.1 Å². The number of benzene rings is 1. The van der Waals surface area contributed by atoms with Gasteiger partial charge in [-0.3, -0.25) is 10.00 Å². The Hall–Kier alpha value is -1.07. The molecule has 2 aromatic rings. The number of H-pyrrole nitrogens is 1. The molecule has 0 aliphatic carbocycles. The number of nitrogens with one attached hydrogen (secondary N) is 1. The van der Waals surface area contributed by atoms with E-state index >= 15 is 0 Å². The molecule has 2 heterocycles. The molecule has 3 rings (SSSR count). The molecule has 0 amide bonds. The van der Waals surface area contributed by atoms with Crippen LogP contribution in [0, 0.1) is 12.8 Å². The van der Waals surface area contributed by atoms with Crippen LogP contribution in [0.15, 0.2) is 24.3 Å². The largest absolute Gasteiger partial charge is 0.391 e. The molecular formula is C16H19Cl2N3O. The number of likely N-dealkylation sites (tertiary alicyclic amines) is 1. The van der Waals surface area contributed by atoms with Crippen LogP contribution >= 0.6 is 23.2 Å². The minimum Gasteiger partial charge on any atom is -0.391 e. The van der Waals surface area contributed by atoms with Gasteiger partial charge in [0.25, 0.3) is 0 Å². The minimum atomic E-state index is -0.338. The van der Waals surface area contributed by atoms with E-state index in [-0.39, 0.29) is 12.0 Å². The predicted octanol–water partition coefficient (Wildman–Crippen LogP) is 3.06. The molecule has 118 valence electrons. The number of β-amino-alcohol motifs (C(OH)–C–C–N with tert-alkyl or cyclic N) is 1. The van der Waals surface area contributed by atoms with Crippen LogP contribution in [0.2, 0.25) is 10.0 Å². The number of rotatable bonds is 4. The molecule has 2 N–H and O–H groups in total. The van der Waals surface area contributed by atoms with Gasteiger partial charge in [0.2, 0.25) is 0 Å². The Morgan fingerprint density at radius 3 is 2.91 bits per heavy atom. The molecule has 1 saturated heterocycles. The van der Waals surface area contributed by atoms with Crippen LogP contribution in [0.3, 0.4) is 0 Å². The number of aliphatic hydroxyl groups is 1. The molecule has 2 atom stereocenters. The van der Waals surface area contributed by atoms with Crippen LogP contribution in [0.1, 0.15) is 17.0 Å². The van der Waals surface area contributed by atoms with Gasteiger partial charge in [-0.2, -0.15) is 5.10 Å². The monoisotopic (exact) mass is 339 g/mol. The highest BCUT2D eigenvalue weighted by molar-refractivity contribution is 6.42. The Morgan fingerprint density at radius 1 is 1.36 bits per heavy atom. The molecule has 1 aliphatic heterocycles. The summed E-state index contributed by atoms with van der Waals surface area (Å²) in [6.45, 7) is 4.16. The number of hydrogen-bond donors (Lipinski definition) is 2. The maximum absolute atomic E-state index is 10.3. The Balaban J connectivity index is 1.64. The zero-order valence-corrected chi connectivity index (χ0v) is 13.9. The van der Waals surface area contributed by atoms with Crippen molar-refractivity contribution in [2.24, 2.45) is 5.92 Å². The predicted molar refractivity (Wildman–Crippen MR) is 88.3 cm³/mol. The van der Waals surface area contributed by atoms with Crippen molar-refractivity contribution < 1.29 is 5.11 Å². The van der Waals surface area contributed by atoms with Crippen LogP contribution in [0.4, 0.5) is 0 Å². The van der Waals surface area contributed by atoms with Crippen molar-refractivity contribution in [3.05, 3.63) is 51.3 Å². The summed E-state index contributed by atoms with van der Waals surface area (Å²) < 4.78 is 0. The van der Waals surface area contributed by atoms with E-state index in [4.69, 9.17) is 23.2 Å². The van der Waals surface area contributed by atoms with E-state index in [0.29, 0.717) is 23.1 Å². The van der Waals surface area contributed by atoms with Crippen molar-refractivity contribution in [3.8, 4) is 0 Å². The Kier molecular flexibility index (Phi) is 4.73. The molecule has 4 nitrogen and oxygen atoms in total. The number of aliphatic hydroxyl groups excluding tert-OH is 1. The van der Waals surface area contributed by atoms with E-state index < -0.39 is 0 Å². The van der Waals surface area contributed by atoms with Gasteiger partial charge in [0.05, 0.1) is 21.8 Å². The molecule has 1 aromatic carbocycles. The molecule has 1 aromatic heterocycles. The fourth-order valence-corrected chi connectivity index (χ4v) is 3.41. The molecular weight excluding hydrogens is 321 g/mol. The first kappa shape index (κ1) is 15.8. The summed E-state index contributed by atoms with van der Waals surface area (Å²) >= 11 is 12.3. The second-order valence-electron chi connectivity index (χ2n) is 5.98. The lowest BCUT2D eigenvalue weighted by Gasteiger charge is -2.16. The van der Waals surface area contributed by atoms with Crippen molar-refractivity contribution in [1.29, 1.82) is 0 Å². The molecule has 0 bridgehead atoms. The van der Waals surface area contributed by atoms with Crippen LogP contribution in [0.25, 0.3) is 0 Å². The van der Waals surface area contributed by atoms with Gasteiger partial charge < -0.3 is 5.11 Å². The summed E-state index contributed by atoms with van der Waals surface area (Å²) in [5, 5.41) is 18.7. The summed E-state index contributed by atoms with van der Waals surface area (Å²) in [5.41, 5.74) is 3.05. The van der Waals surface area contributed by atoms with E-state index in [0.717, 1.165) is 29.9 Å². The van der Waals surface area contributed by atoms with E-state index in [1.165, 1.54) is 0 Å². The summed E-state index contributed by atoms with van der Waals surface area (Å²) in [4.78, 5) is 2.21. The average molecular weight is 340 g/mol. The highest BCUT2D eigenvalue weighted by Crippen LogP contribution is 2.29. The van der Waals surface area contributed by atoms with Gasteiger partial charge in [-0.1, -0.05) is 35.3 Å².